The first-order valence-corrected chi connectivity index (χ1v) is 8.67. The molecule has 2 fully saturated rings. The van der Waals surface area contributed by atoms with Gasteiger partial charge in [0.15, 0.2) is 0 Å². The van der Waals surface area contributed by atoms with E-state index in [1.54, 1.807) is 40.2 Å². The number of aromatic nitrogens is 3. The number of carbonyl (C=O) groups excluding carboxylic acids is 1. The summed E-state index contributed by atoms with van der Waals surface area (Å²) in [5.41, 5.74) is 1.22. The number of fused-ring (bicyclic) bond motifs is 1. The molecule has 0 bridgehead atoms. The third-order valence-corrected chi connectivity index (χ3v) is 5.39. The van der Waals surface area contributed by atoms with Gasteiger partial charge in [-0.3, -0.25) is 4.79 Å². The Morgan fingerprint density at radius 2 is 2.04 bits per heavy atom. The van der Waals surface area contributed by atoms with E-state index in [9.17, 15) is 14.7 Å². The van der Waals surface area contributed by atoms with Crippen LogP contribution in [-0.2, 0) is 4.79 Å². The topological polar surface area (TPSA) is 88.3 Å². The van der Waals surface area contributed by atoms with Crippen molar-refractivity contribution in [3.8, 4) is 5.69 Å². The summed E-state index contributed by atoms with van der Waals surface area (Å²) >= 11 is 0. The fourth-order valence-electron chi connectivity index (χ4n) is 4.25. The molecule has 4 rings (SSSR count). The van der Waals surface area contributed by atoms with Crippen molar-refractivity contribution < 1.29 is 14.7 Å². The third-order valence-electron chi connectivity index (χ3n) is 5.39. The number of carboxylic acid groups (broad SMARTS) is 1. The molecule has 7 nitrogen and oxygen atoms in total. The lowest BCUT2D eigenvalue weighted by molar-refractivity contribution is -0.141. The fraction of sp³-hybridized carbons (Fsp3) is 0.444. The van der Waals surface area contributed by atoms with Crippen molar-refractivity contribution in [1.82, 2.24) is 19.9 Å². The van der Waals surface area contributed by atoms with E-state index in [0.717, 1.165) is 31.4 Å². The van der Waals surface area contributed by atoms with Crippen LogP contribution in [0.3, 0.4) is 0 Å². The molecule has 25 heavy (non-hydrogen) atoms. The van der Waals surface area contributed by atoms with Gasteiger partial charge < -0.3 is 10.0 Å². The highest BCUT2D eigenvalue weighted by Crippen LogP contribution is 2.40. The van der Waals surface area contributed by atoms with E-state index in [4.69, 9.17) is 0 Å². The minimum absolute atomic E-state index is 0.0392. The molecule has 0 radical (unpaired) electrons. The van der Waals surface area contributed by atoms with E-state index in [2.05, 4.69) is 10.3 Å². The molecule has 1 amide bonds. The van der Waals surface area contributed by atoms with Crippen LogP contribution in [0.15, 0.2) is 36.7 Å². The van der Waals surface area contributed by atoms with Gasteiger partial charge in [-0.25, -0.2) is 9.48 Å². The molecule has 1 aromatic heterocycles. The van der Waals surface area contributed by atoms with Crippen LogP contribution in [0.5, 0.6) is 0 Å². The minimum Gasteiger partial charge on any atom is -0.480 e. The molecule has 1 aliphatic carbocycles. The van der Waals surface area contributed by atoms with Crippen LogP contribution in [0, 0.1) is 5.92 Å². The largest absolute Gasteiger partial charge is 0.480 e. The number of aliphatic carboxylic acids is 1. The lowest BCUT2D eigenvalue weighted by atomic mass is 9.84. The molecule has 2 heterocycles. The molecule has 1 saturated carbocycles. The Hall–Kier alpha value is -2.70. The predicted octanol–water partition coefficient (Wildman–Crippen LogP) is 2.13. The maximum absolute atomic E-state index is 13.2. The van der Waals surface area contributed by atoms with Crippen LogP contribution in [0.4, 0.5) is 0 Å². The van der Waals surface area contributed by atoms with E-state index < -0.39 is 12.0 Å². The second-order valence-corrected chi connectivity index (χ2v) is 6.81. The van der Waals surface area contributed by atoms with E-state index >= 15 is 0 Å². The Balaban J connectivity index is 1.67. The zero-order chi connectivity index (χ0) is 17.4. The molecule has 0 unspecified atom stereocenters. The second kappa shape index (κ2) is 6.31. The van der Waals surface area contributed by atoms with Gasteiger partial charge in [-0.05, 0) is 43.4 Å². The zero-order valence-electron chi connectivity index (χ0n) is 13.8. The van der Waals surface area contributed by atoms with Gasteiger partial charge in [0.25, 0.3) is 5.91 Å². The highest BCUT2D eigenvalue weighted by Gasteiger charge is 2.47. The first-order chi connectivity index (χ1) is 12.1. The van der Waals surface area contributed by atoms with Gasteiger partial charge in [-0.15, -0.1) is 5.10 Å². The number of hydrogen-bond donors (Lipinski definition) is 1. The van der Waals surface area contributed by atoms with Crippen molar-refractivity contribution >= 4 is 11.9 Å². The van der Waals surface area contributed by atoms with Gasteiger partial charge >= 0.3 is 5.97 Å². The highest BCUT2D eigenvalue weighted by molar-refractivity contribution is 5.97. The lowest BCUT2D eigenvalue weighted by Gasteiger charge is -2.33. The Labute approximate surface area is 145 Å². The second-order valence-electron chi connectivity index (χ2n) is 6.81. The van der Waals surface area contributed by atoms with Crippen LogP contribution in [-0.4, -0.2) is 49.0 Å². The van der Waals surface area contributed by atoms with Crippen molar-refractivity contribution in [3.05, 3.63) is 42.2 Å². The van der Waals surface area contributed by atoms with E-state index in [1.807, 2.05) is 6.07 Å². The summed E-state index contributed by atoms with van der Waals surface area (Å²) in [5.74, 6) is -0.809. The number of carboxylic acids is 1. The summed E-state index contributed by atoms with van der Waals surface area (Å²) in [6.45, 7) is 0. The smallest absolute Gasteiger partial charge is 0.326 e. The molecular formula is C18H20N4O3. The van der Waals surface area contributed by atoms with Crippen LogP contribution in [0.1, 0.15) is 42.5 Å². The van der Waals surface area contributed by atoms with Gasteiger partial charge in [0.1, 0.15) is 6.04 Å². The van der Waals surface area contributed by atoms with Crippen molar-refractivity contribution in [3.63, 3.8) is 0 Å². The number of carbonyl (C=O) groups is 2. The van der Waals surface area contributed by atoms with Crippen molar-refractivity contribution in [2.45, 2.75) is 44.2 Å². The van der Waals surface area contributed by atoms with Crippen LogP contribution >= 0.6 is 0 Å². The van der Waals surface area contributed by atoms with Crippen molar-refractivity contribution in [2.24, 2.45) is 5.92 Å². The Morgan fingerprint density at radius 1 is 1.20 bits per heavy atom. The van der Waals surface area contributed by atoms with Gasteiger partial charge in [0, 0.05) is 11.6 Å². The standard InChI is InChI=1S/C18H20N4O3/c23-17(13-5-3-6-14(10-13)21-9-8-19-20-21)22-15-7-2-1-4-12(15)11-16(22)18(24)25/h3,5-6,8-10,12,15-16H,1-2,4,7,11H2,(H,24,25)/t12-,15-,16-/m0/s1. The molecule has 2 aliphatic rings. The first-order valence-electron chi connectivity index (χ1n) is 8.67. The summed E-state index contributed by atoms with van der Waals surface area (Å²) in [4.78, 5) is 26.5. The molecule has 7 heteroatoms. The molecule has 3 atom stereocenters. The number of hydrogen-bond acceptors (Lipinski definition) is 4. The number of amides is 1. The SMILES string of the molecule is O=C(O)[C@@H]1C[C@@H]2CCCC[C@@H]2N1C(=O)c1cccc(-n2ccnn2)c1. The number of nitrogens with zero attached hydrogens (tertiary/aromatic N) is 4. The Bertz CT molecular complexity index is 789. The number of benzene rings is 1. The summed E-state index contributed by atoms with van der Waals surface area (Å²) in [6.07, 6.45) is 7.92. The van der Waals surface area contributed by atoms with E-state index in [-0.39, 0.29) is 11.9 Å². The minimum atomic E-state index is -0.907. The maximum atomic E-state index is 13.2. The molecule has 2 aromatic rings. The summed E-state index contributed by atoms with van der Waals surface area (Å²) in [7, 11) is 0. The zero-order valence-corrected chi connectivity index (χ0v) is 13.8. The monoisotopic (exact) mass is 340 g/mol. The Kier molecular flexibility index (Phi) is 3.99. The molecular weight excluding hydrogens is 320 g/mol. The lowest BCUT2D eigenvalue weighted by Crippen LogP contribution is -2.46. The quantitative estimate of drug-likeness (QED) is 0.924. The van der Waals surface area contributed by atoms with Crippen LogP contribution in [0.2, 0.25) is 0 Å². The number of likely N-dealkylation sites (tertiary alicyclic amines) is 1. The van der Waals surface area contributed by atoms with Gasteiger partial charge in [-0.1, -0.05) is 24.1 Å². The molecule has 1 aromatic carbocycles. The molecule has 1 aliphatic heterocycles. The average molecular weight is 340 g/mol. The van der Waals surface area contributed by atoms with E-state index in [1.165, 1.54) is 0 Å². The van der Waals surface area contributed by atoms with Gasteiger partial charge in [-0.2, -0.15) is 0 Å². The normalized spacial score (nSPS) is 25.6. The molecule has 1 saturated heterocycles. The summed E-state index contributed by atoms with van der Waals surface area (Å²) < 4.78 is 1.58. The maximum Gasteiger partial charge on any atom is 0.326 e. The molecule has 0 spiro atoms. The van der Waals surface area contributed by atoms with Crippen LogP contribution < -0.4 is 0 Å². The van der Waals surface area contributed by atoms with Crippen LogP contribution in [0.25, 0.3) is 5.69 Å². The van der Waals surface area contributed by atoms with Crippen molar-refractivity contribution in [2.75, 3.05) is 0 Å². The van der Waals surface area contributed by atoms with Gasteiger partial charge in [0.2, 0.25) is 0 Å². The fourth-order valence-corrected chi connectivity index (χ4v) is 4.25. The highest BCUT2D eigenvalue weighted by atomic mass is 16.4. The third kappa shape index (κ3) is 2.79. The molecule has 130 valence electrons. The number of rotatable bonds is 3. The Morgan fingerprint density at radius 3 is 2.80 bits per heavy atom. The molecule has 1 N–H and O–H groups in total. The van der Waals surface area contributed by atoms with E-state index in [0.29, 0.717) is 17.9 Å². The first kappa shape index (κ1) is 15.8. The van der Waals surface area contributed by atoms with Crippen molar-refractivity contribution in [1.29, 1.82) is 0 Å². The average Bonchev–Trinajstić information content (AvgIpc) is 3.29. The van der Waals surface area contributed by atoms with Gasteiger partial charge in [0.05, 0.1) is 18.1 Å². The predicted molar refractivity (Wildman–Crippen MR) is 89.3 cm³/mol. The summed E-state index contributed by atoms with van der Waals surface area (Å²) in [5, 5.41) is 17.3. The summed E-state index contributed by atoms with van der Waals surface area (Å²) in [6, 6.07) is 6.42.